The third kappa shape index (κ3) is 2.84. The van der Waals surface area contributed by atoms with Gasteiger partial charge in [-0.15, -0.1) is 0 Å². The summed E-state index contributed by atoms with van der Waals surface area (Å²) in [7, 11) is 0. The highest BCUT2D eigenvalue weighted by molar-refractivity contribution is 6.80. The summed E-state index contributed by atoms with van der Waals surface area (Å²) < 4.78 is 0. The summed E-state index contributed by atoms with van der Waals surface area (Å²) in [5, 5.41) is 7.51. The van der Waals surface area contributed by atoms with Crippen LogP contribution in [0.5, 0.6) is 0 Å². The standard InChI is InChI=1S/C11H8Cl2O3/c1-6-2-4-7(5-3-6)9(14)8(10(12)15)11(13)16/h2-5,14H,1H3. The van der Waals surface area contributed by atoms with Crippen LogP contribution >= 0.6 is 23.2 Å². The molecule has 1 aromatic carbocycles. The highest BCUT2D eigenvalue weighted by atomic mass is 35.5. The van der Waals surface area contributed by atoms with E-state index in [1.54, 1.807) is 24.3 Å². The van der Waals surface area contributed by atoms with Crippen molar-refractivity contribution in [2.24, 2.45) is 0 Å². The lowest BCUT2D eigenvalue weighted by Gasteiger charge is -2.03. The van der Waals surface area contributed by atoms with E-state index in [4.69, 9.17) is 23.2 Å². The first-order chi connectivity index (χ1) is 7.43. The van der Waals surface area contributed by atoms with Crippen molar-refractivity contribution in [3.63, 3.8) is 0 Å². The van der Waals surface area contributed by atoms with Gasteiger partial charge in [0.25, 0.3) is 10.5 Å². The molecule has 0 bridgehead atoms. The second-order valence-electron chi connectivity index (χ2n) is 3.14. The first-order valence-corrected chi connectivity index (χ1v) is 5.09. The molecule has 1 N–H and O–H groups in total. The predicted molar refractivity (Wildman–Crippen MR) is 62.4 cm³/mol. The van der Waals surface area contributed by atoms with Crippen molar-refractivity contribution in [3.8, 4) is 0 Å². The Morgan fingerprint density at radius 2 is 1.50 bits per heavy atom. The van der Waals surface area contributed by atoms with E-state index >= 15 is 0 Å². The smallest absolute Gasteiger partial charge is 0.261 e. The monoisotopic (exact) mass is 258 g/mol. The lowest BCUT2D eigenvalue weighted by atomic mass is 10.1. The number of halogens is 2. The summed E-state index contributed by atoms with van der Waals surface area (Å²) >= 11 is 10.3. The van der Waals surface area contributed by atoms with Crippen molar-refractivity contribution in [3.05, 3.63) is 41.0 Å². The number of aliphatic hydroxyl groups excluding tert-OH is 1. The molecule has 0 radical (unpaired) electrons. The van der Waals surface area contributed by atoms with Crippen molar-refractivity contribution in [1.29, 1.82) is 0 Å². The number of carbonyl (C=O) groups is 2. The molecule has 3 nitrogen and oxygen atoms in total. The van der Waals surface area contributed by atoms with Crippen molar-refractivity contribution >= 4 is 39.4 Å². The molecular weight excluding hydrogens is 251 g/mol. The zero-order valence-corrected chi connectivity index (χ0v) is 9.84. The van der Waals surface area contributed by atoms with Crippen molar-refractivity contribution < 1.29 is 14.7 Å². The van der Waals surface area contributed by atoms with Gasteiger partial charge in [0.2, 0.25) is 0 Å². The van der Waals surface area contributed by atoms with Gasteiger partial charge in [0.05, 0.1) is 0 Å². The third-order valence-corrected chi connectivity index (χ3v) is 2.33. The maximum atomic E-state index is 10.9. The minimum absolute atomic E-state index is 0.309. The number of hydrogen-bond acceptors (Lipinski definition) is 3. The maximum Gasteiger partial charge on any atom is 0.261 e. The molecule has 0 amide bonds. The van der Waals surface area contributed by atoms with Crippen LogP contribution in [0.3, 0.4) is 0 Å². The fraction of sp³-hybridized carbons (Fsp3) is 0.0909. The van der Waals surface area contributed by atoms with Crippen LogP contribution in [0.1, 0.15) is 11.1 Å². The average molecular weight is 259 g/mol. The Morgan fingerprint density at radius 3 is 1.88 bits per heavy atom. The summed E-state index contributed by atoms with van der Waals surface area (Å²) in [5.74, 6) is -0.514. The molecule has 0 unspecified atom stereocenters. The van der Waals surface area contributed by atoms with Crippen LogP contribution in [0.15, 0.2) is 29.8 Å². The van der Waals surface area contributed by atoms with E-state index in [9.17, 15) is 14.7 Å². The molecule has 0 aliphatic heterocycles. The van der Waals surface area contributed by atoms with Gasteiger partial charge in [-0.1, -0.05) is 29.8 Å². The van der Waals surface area contributed by atoms with Gasteiger partial charge in [0.1, 0.15) is 11.3 Å². The second kappa shape index (κ2) is 5.14. The van der Waals surface area contributed by atoms with Gasteiger partial charge < -0.3 is 5.11 Å². The quantitative estimate of drug-likeness (QED) is 0.298. The summed E-state index contributed by atoms with van der Waals surface area (Å²) in [5.41, 5.74) is 0.670. The van der Waals surface area contributed by atoms with E-state index in [2.05, 4.69) is 0 Å². The molecule has 16 heavy (non-hydrogen) atoms. The first kappa shape index (κ1) is 12.7. The van der Waals surface area contributed by atoms with E-state index in [-0.39, 0.29) is 0 Å². The van der Waals surface area contributed by atoms with E-state index < -0.39 is 21.8 Å². The average Bonchev–Trinajstić information content (AvgIpc) is 2.17. The molecule has 0 saturated heterocycles. The number of allylic oxidation sites excluding steroid dienone is 1. The van der Waals surface area contributed by atoms with Crippen molar-refractivity contribution in [2.45, 2.75) is 6.92 Å². The molecule has 84 valence electrons. The maximum absolute atomic E-state index is 10.9. The normalized spacial score (nSPS) is 9.69. The van der Waals surface area contributed by atoms with Crippen LogP contribution in [0.25, 0.3) is 5.76 Å². The van der Waals surface area contributed by atoms with E-state index in [0.717, 1.165) is 5.56 Å². The zero-order chi connectivity index (χ0) is 12.3. The Morgan fingerprint density at radius 1 is 1.06 bits per heavy atom. The minimum Gasteiger partial charge on any atom is -0.506 e. The Kier molecular flexibility index (Phi) is 4.10. The molecule has 0 atom stereocenters. The molecule has 0 aliphatic carbocycles. The second-order valence-corrected chi connectivity index (χ2v) is 3.82. The highest BCUT2D eigenvalue weighted by Gasteiger charge is 2.20. The Hall–Kier alpha value is -1.32. The van der Waals surface area contributed by atoms with Crippen LogP contribution in [-0.2, 0) is 9.59 Å². The first-order valence-electron chi connectivity index (χ1n) is 4.33. The largest absolute Gasteiger partial charge is 0.506 e. The number of aliphatic hydroxyl groups is 1. The summed E-state index contributed by atoms with van der Waals surface area (Å²) in [6, 6.07) is 6.57. The molecule has 1 rings (SSSR count). The molecular formula is C11H8Cl2O3. The topological polar surface area (TPSA) is 54.4 Å². The molecule has 0 aliphatic rings. The molecule has 5 heteroatoms. The van der Waals surface area contributed by atoms with Gasteiger partial charge in [-0.05, 0) is 30.1 Å². The van der Waals surface area contributed by atoms with Crippen LogP contribution in [-0.4, -0.2) is 15.6 Å². The van der Waals surface area contributed by atoms with E-state index in [0.29, 0.717) is 5.56 Å². The lowest BCUT2D eigenvalue weighted by Crippen LogP contribution is -2.05. The van der Waals surface area contributed by atoms with Gasteiger partial charge in [-0.25, -0.2) is 0 Å². The zero-order valence-electron chi connectivity index (χ0n) is 8.33. The predicted octanol–water partition coefficient (Wildman–Crippen LogP) is 2.79. The fourth-order valence-corrected chi connectivity index (χ4v) is 1.52. The Balaban J connectivity index is 3.29. The number of hydrogen-bond donors (Lipinski definition) is 1. The summed E-state index contributed by atoms with van der Waals surface area (Å²) in [6.45, 7) is 1.87. The van der Waals surface area contributed by atoms with Gasteiger partial charge in [0.15, 0.2) is 0 Å². The van der Waals surface area contributed by atoms with E-state index in [1.165, 1.54) is 0 Å². The van der Waals surface area contributed by atoms with Gasteiger partial charge >= 0.3 is 0 Å². The lowest BCUT2D eigenvalue weighted by molar-refractivity contribution is -0.113. The van der Waals surface area contributed by atoms with Crippen molar-refractivity contribution in [1.82, 2.24) is 0 Å². The van der Waals surface area contributed by atoms with Crippen molar-refractivity contribution in [2.75, 3.05) is 0 Å². The summed E-state index contributed by atoms with van der Waals surface area (Å²) in [6.07, 6.45) is 0. The molecule has 1 aromatic rings. The third-order valence-electron chi connectivity index (χ3n) is 1.95. The number of aryl methyl sites for hydroxylation is 1. The Bertz CT molecular complexity index is 445. The van der Waals surface area contributed by atoms with Gasteiger partial charge in [0, 0.05) is 5.56 Å². The number of rotatable bonds is 3. The van der Waals surface area contributed by atoms with Gasteiger partial charge in [-0.3, -0.25) is 9.59 Å². The summed E-state index contributed by atoms with van der Waals surface area (Å²) in [4.78, 5) is 21.8. The SMILES string of the molecule is Cc1ccc(C(O)=C(C(=O)Cl)C(=O)Cl)cc1. The van der Waals surface area contributed by atoms with Crippen LogP contribution in [0.4, 0.5) is 0 Å². The molecule has 0 spiro atoms. The molecule has 0 saturated carbocycles. The highest BCUT2D eigenvalue weighted by Crippen LogP contribution is 2.20. The molecule has 0 fully saturated rings. The Labute approximate surface area is 102 Å². The minimum atomic E-state index is -1.09. The van der Waals surface area contributed by atoms with E-state index in [1.807, 2.05) is 6.92 Å². The van der Waals surface area contributed by atoms with Crippen LogP contribution in [0.2, 0.25) is 0 Å². The number of carbonyl (C=O) groups excluding carboxylic acids is 2. The molecule has 0 aromatic heterocycles. The van der Waals surface area contributed by atoms with Gasteiger partial charge in [-0.2, -0.15) is 0 Å². The van der Waals surface area contributed by atoms with Crippen LogP contribution in [0, 0.1) is 6.92 Å². The molecule has 0 heterocycles. The van der Waals surface area contributed by atoms with Crippen LogP contribution < -0.4 is 0 Å². The number of benzene rings is 1. The fourth-order valence-electron chi connectivity index (χ4n) is 1.12.